The van der Waals surface area contributed by atoms with E-state index in [1.807, 2.05) is 30.5 Å². The van der Waals surface area contributed by atoms with Crippen LogP contribution in [0.3, 0.4) is 0 Å². The zero-order valence-electron chi connectivity index (χ0n) is 15.4. The van der Waals surface area contributed by atoms with Crippen LogP contribution < -0.4 is 10.0 Å². The van der Waals surface area contributed by atoms with Crippen molar-refractivity contribution in [2.75, 3.05) is 11.0 Å². The van der Waals surface area contributed by atoms with Gasteiger partial charge in [-0.05, 0) is 47.4 Å². The average molecular weight is 437 g/mol. The molecule has 0 saturated heterocycles. The molecule has 3 aromatic heterocycles. The molecule has 0 aliphatic heterocycles. The van der Waals surface area contributed by atoms with E-state index in [4.69, 9.17) is 0 Å². The van der Waals surface area contributed by atoms with Gasteiger partial charge in [0.05, 0.1) is 30.1 Å². The molecule has 28 heavy (non-hydrogen) atoms. The summed E-state index contributed by atoms with van der Waals surface area (Å²) in [6, 6.07) is 5.62. The van der Waals surface area contributed by atoms with E-state index in [1.54, 1.807) is 22.9 Å². The normalized spacial score (nSPS) is 12.5. The number of carbonyl (C=O) groups excluding carboxylic acids is 1. The molecule has 1 amide bonds. The van der Waals surface area contributed by atoms with Crippen molar-refractivity contribution in [2.45, 2.75) is 25.8 Å². The van der Waals surface area contributed by atoms with Crippen LogP contribution in [-0.2, 0) is 27.7 Å². The minimum Gasteiger partial charge on any atom is -0.347 e. The van der Waals surface area contributed by atoms with Gasteiger partial charge in [0.15, 0.2) is 5.13 Å². The zero-order valence-corrected chi connectivity index (χ0v) is 17.8. The molecule has 2 N–H and O–H groups in total. The molecular formula is C18H20N4O3S3. The lowest BCUT2D eigenvalue weighted by molar-refractivity contribution is -0.121. The molecule has 0 aliphatic rings. The molecule has 148 valence electrons. The molecule has 3 heterocycles. The molecule has 3 aromatic rings. The molecule has 10 heteroatoms. The summed E-state index contributed by atoms with van der Waals surface area (Å²) in [7, 11) is -3.39. The number of anilines is 1. The monoisotopic (exact) mass is 436 g/mol. The van der Waals surface area contributed by atoms with Crippen LogP contribution in [0.25, 0.3) is 0 Å². The van der Waals surface area contributed by atoms with Gasteiger partial charge in [-0.1, -0.05) is 6.07 Å². The van der Waals surface area contributed by atoms with E-state index in [-0.39, 0.29) is 23.5 Å². The van der Waals surface area contributed by atoms with Crippen molar-refractivity contribution in [2.24, 2.45) is 0 Å². The second kappa shape index (κ2) is 8.80. The van der Waals surface area contributed by atoms with Gasteiger partial charge in [-0.15, -0.1) is 11.3 Å². The summed E-state index contributed by atoms with van der Waals surface area (Å²) in [6.07, 6.45) is 3.49. The standard InChI is InChI=1S/C18H20N4O3S3/c1-12-4-3-6-19-17(12)15(8-13-5-7-26-10-13)21-16(23)9-14-11-27-18(20-14)22-28(2,24)25/h3-7,10-11,15H,8-9H2,1-2H3,(H,20,22)(H,21,23)/t15-/m0/s1. The maximum Gasteiger partial charge on any atom is 0.231 e. The van der Waals surface area contributed by atoms with E-state index >= 15 is 0 Å². The van der Waals surface area contributed by atoms with Crippen LogP contribution in [0.1, 0.15) is 28.6 Å². The van der Waals surface area contributed by atoms with Crippen LogP contribution in [0.15, 0.2) is 40.5 Å². The Labute approximate surface area is 171 Å². The summed E-state index contributed by atoms with van der Waals surface area (Å²) in [6.45, 7) is 1.97. The number of carbonyl (C=O) groups is 1. The lowest BCUT2D eigenvalue weighted by Gasteiger charge is -2.19. The van der Waals surface area contributed by atoms with Crippen molar-refractivity contribution in [3.05, 3.63) is 63.1 Å². The van der Waals surface area contributed by atoms with E-state index in [2.05, 4.69) is 25.4 Å². The van der Waals surface area contributed by atoms with Crippen molar-refractivity contribution < 1.29 is 13.2 Å². The van der Waals surface area contributed by atoms with Gasteiger partial charge in [-0.2, -0.15) is 11.3 Å². The van der Waals surface area contributed by atoms with E-state index in [0.29, 0.717) is 12.1 Å². The Morgan fingerprint density at radius 1 is 1.29 bits per heavy atom. The highest BCUT2D eigenvalue weighted by Crippen LogP contribution is 2.22. The molecule has 0 saturated carbocycles. The van der Waals surface area contributed by atoms with Gasteiger partial charge in [-0.25, -0.2) is 13.4 Å². The number of rotatable bonds is 8. The second-order valence-electron chi connectivity index (χ2n) is 6.36. The third kappa shape index (κ3) is 5.85. The van der Waals surface area contributed by atoms with Crippen LogP contribution in [-0.4, -0.2) is 30.5 Å². The first kappa shape index (κ1) is 20.4. The number of aryl methyl sites for hydroxylation is 1. The molecule has 0 aromatic carbocycles. The molecule has 0 unspecified atom stereocenters. The van der Waals surface area contributed by atoms with Gasteiger partial charge in [0, 0.05) is 11.6 Å². The molecule has 0 aliphatic carbocycles. The Balaban J connectivity index is 1.71. The Morgan fingerprint density at radius 3 is 2.79 bits per heavy atom. The van der Waals surface area contributed by atoms with E-state index in [9.17, 15) is 13.2 Å². The lowest BCUT2D eigenvalue weighted by Crippen LogP contribution is -2.32. The SMILES string of the molecule is Cc1cccnc1[C@H](Cc1ccsc1)NC(=O)Cc1csc(NS(C)(=O)=O)n1. The van der Waals surface area contributed by atoms with E-state index in [0.717, 1.165) is 34.4 Å². The van der Waals surface area contributed by atoms with Crippen LogP contribution >= 0.6 is 22.7 Å². The van der Waals surface area contributed by atoms with Crippen LogP contribution in [0, 0.1) is 6.92 Å². The number of sulfonamides is 1. The third-order valence-electron chi connectivity index (χ3n) is 3.90. The smallest absolute Gasteiger partial charge is 0.231 e. The number of hydrogen-bond acceptors (Lipinski definition) is 7. The molecule has 0 spiro atoms. The summed E-state index contributed by atoms with van der Waals surface area (Å²) in [4.78, 5) is 21.2. The van der Waals surface area contributed by atoms with Crippen molar-refractivity contribution in [3.63, 3.8) is 0 Å². The van der Waals surface area contributed by atoms with Crippen LogP contribution in [0.4, 0.5) is 5.13 Å². The highest BCUT2D eigenvalue weighted by atomic mass is 32.2. The fraction of sp³-hybridized carbons (Fsp3) is 0.278. The van der Waals surface area contributed by atoms with E-state index in [1.165, 1.54) is 0 Å². The third-order valence-corrected chi connectivity index (χ3v) is 6.13. The molecule has 7 nitrogen and oxygen atoms in total. The molecule has 3 rings (SSSR count). The molecule has 0 bridgehead atoms. The Hall–Kier alpha value is -2.30. The van der Waals surface area contributed by atoms with Crippen molar-refractivity contribution >= 4 is 43.7 Å². The number of thiazole rings is 1. The number of hydrogen-bond donors (Lipinski definition) is 2. The topological polar surface area (TPSA) is 101 Å². The molecule has 0 fully saturated rings. The summed E-state index contributed by atoms with van der Waals surface area (Å²) < 4.78 is 24.9. The Kier molecular flexibility index (Phi) is 6.42. The highest BCUT2D eigenvalue weighted by molar-refractivity contribution is 7.92. The number of aromatic nitrogens is 2. The van der Waals surface area contributed by atoms with Crippen molar-refractivity contribution in [1.82, 2.24) is 15.3 Å². The second-order valence-corrected chi connectivity index (χ2v) is 9.74. The van der Waals surface area contributed by atoms with Gasteiger partial charge >= 0.3 is 0 Å². The van der Waals surface area contributed by atoms with Crippen molar-refractivity contribution in [3.8, 4) is 0 Å². The summed E-state index contributed by atoms with van der Waals surface area (Å²) in [5, 5.41) is 9.03. The first-order valence-electron chi connectivity index (χ1n) is 8.44. The fourth-order valence-electron chi connectivity index (χ4n) is 2.73. The number of thiophene rings is 1. The van der Waals surface area contributed by atoms with Gasteiger partial charge in [0.2, 0.25) is 15.9 Å². The van der Waals surface area contributed by atoms with Crippen LogP contribution in [0.5, 0.6) is 0 Å². The summed E-state index contributed by atoms with van der Waals surface area (Å²) >= 11 is 2.76. The van der Waals surface area contributed by atoms with Crippen molar-refractivity contribution in [1.29, 1.82) is 0 Å². The van der Waals surface area contributed by atoms with E-state index < -0.39 is 10.0 Å². The summed E-state index contributed by atoms with van der Waals surface area (Å²) in [5.74, 6) is -0.193. The minimum absolute atomic E-state index is 0.0635. The number of amides is 1. The van der Waals surface area contributed by atoms with Gasteiger partial charge in [0.1, 0.15) is 0 Å². The molecular weight excluding hydrogens is 416 g/mol. The molecule has 0 radical (unpaired) electrons. The molecule has 1 atom stereocenters. The quantitative estimate of drug-likeness (QED) is 0.565. The van der Waals surface area contributed by atoms with Gasteiger partial charge in [0.25, 0.3) is 0 Å². The fourth-order valence-corrected chi connectivity index (χ4v) is 4.97. The zero-order chi connectivity index (χ0) is 20.1. The highest BCUT2D eigenvalue weighted by Gasteiger charge is 2.20. The lowest BCUT2D eigenvalue weighted by atomic mass is 10.0. The predicted octanol–water partition coefficient (Wildman–Crippen LogP) is 2.92. The van der Waals surface area contributed by atoms with Crippen LogP contribution in [0.2, 0.25) is 0 Å². The average Bonchev–Trinajstić information content (AvgIpc) is 3.25. The minimum atomic E-state index is -3.39. The first-order chi connectivity index (χ1) is 13.3. The van der Waals surface area contributed by atoms with Gasteiger partial charge < -0.3 is 5.32 Å². The Bertz CT molecular complexity index is 1050. The number of nitrogens with zero attached hydrogens (tertiary/aromatic N) is 2. The predicted molar refractivity (Wildman–Crippen MR) is 112 cm³/mol. The number of nitrogens with one attached hydrogen (secondary N) is 2. The van der Waals surface area contributed by atoms with Gasteiger partial charge in [-0.3, -0.25) is 14.5 Å². The maximum atomic E-state index is 12.6. The Morgan fingerprint density at radius 2 is 2.11 bits per heavy atom. The maximum absolute atomic E-state index is 12.6. The number of pyridine rings is 1. The largest absolute Gasteiger partial charge is 0.347 e. The first-order valence-corrected chi connectivity index (χ1v) is 12.2. The summed E-state index contributed by atoms with van der Waals surface area (Å²) in [5.41, 5.74) is 3.49.